The highest BCUT2D eigenvalue weighted by Crippen LogP contribution is 2.13. The van der Waals surface area contributed by atoms with Crippen molar-refractivity contribution in [1.82, 2.24) is 9.78 Å². The van der Waals surface area contributed by atoms with Crippen LogP contribution in [0.3, 0.4) is 0 Å². The molecule has 6 heteroatoms. The molecule has 1 aromatic heterocycles. The largest absolute Gasteiger partial charge is 0.464 e. The average Bonchev–Trinajstić information content (AvgIpc) is 2.89. The van der Waals surface area contributed by atoms with Gasteiger partial charge >= 0.3 is 5.97 Å². The molecule has 0 aliphatic heterocycles. The first-order valence-electron chi connectivity index (χ1n) is 6.07. The lowest BCUT2D eigenvalue weighted by molar-refractivity contribution is -0.116. The van der Waals surface area contributed by atoms with Gasteiger partial charge in [0.1, 0.15) is 6.54 Å². The number of carbonyl (C=O) groups is 2. The Balaban J connectivity index is 2.00. The van der Waals surface area contributed by atoms with E-state index in [2.05, 4.69) is 15.2 Å². The highest BCUT2D eigenvalue weighted by Gasteiger charge is 2.11. The topological polar surface area (TPSA) is 73.2 Å². The first kappa shape index (κ1) is 13.8. The maximum atomic E-state index is 11.9. The van der Waals surface area contributed by atoms with Crippen LogP contribution < -0.4 is 5.32 Å². The Kier molecular flexibility index (Phi) is 4.14. The third-order valence-corrected chi connectivity index (χ3v) is 2.76. The maximum absolute atomic E-state index is 11.9. The number of rotatable bonds is 4. The van der Waals surface area contributed by atoms with Crippen LogP contribution in [0.1, 0.15) is 16.1 Å². The fourth-order valence-corrected chi connectivity index (χ4v) is 1.71. The van der Waals surface area contributed by atoms with E-state index in [0.29, 0.717) is 0 Å². The molecule has 0 fully saturated rings. The summed E-state index contributed by atoms with van der Waals surface area (Å²) in [4.78, 5) is 23.1. The number of nitrogens with one attached hydrogen (secondary N) is 1. The van der Waals surface area contributed by atoms with E-state index in [9.17, 15) is 9.59 Å². The fraction of sp³-hybridized carbons (Fsp3) is 0.214. The van der Waals surface area contributed by atoms with E-state index in [1.54, 1.807) is 6.20 Å². The van der Waals surface area contributed by atoms with Gasteiger partial charge in [-0.2, -0.15) is 5.10 Å². The lowest BCUT2D eigenvalue weighted by atomic mass is 10.2. The van der Waals surface area contributed by atoms with E-state index >= 15 is 0 Å². The van der Waals surface area contributed by atoms with Crippen LogP contribution in [-0.2, 0) is 16.1 Å². The fourth-order valence-electron chi connectivity index (χ4n) is 1.71. The molecule has 2 aromatic rings. The van der Waals surface area contributed by atoms with Gasteiger partial charge in [0.2, 0.25) is 5.91 Å². The molecule has 20 heavy (non-hydrogen) atoms. The Hall–Kier alpha value is -2.63. The zero-order chi connectivity index (χ0) is 14.5. The van der Waals surface area contributed by atoms with Crippen LogP contribution in [0.25, 0.3) is 0 Å². The summed E-state index contributed by atoms with van der Waals surface area (Å²) in [6, 6.07) is 9.01. The van der Waals surface area contributed by atoms with Crippen LogP contribution in [-0.4, -0.2) is 28.8 Å². The molecule has 0 aliphatic rings. The van der Waals surface area contributed by atoms with Gasteiger partial charge in [0.05, 0.1) is 7.11 Å². The molecule has 0 saturated carbocycles. The number of nitrogens with zero attached hydrogens (tertiary/aromatic N) is 2. The standard InChI is InChI=1S/C14H15N3O3/c1-10-5-3-4-6-11(10)15-13(18)9-17-8-7-12(16-17)14(19)20-2/h3-8H,9H2,1-2H3,(H,15,18). The molecule has 0 unspecified atom stereocenters. The maximum Gasteiger partial charge on any atom is 0.358 e. The molecule has 1 heterocycles. The number of esters is 1. The number of benzene rings is 1. The van der Waals surface area contributed by atoms with Crippen molar-refractivity contribution in [3.05, 3.63) is 47.8 Å². The average molecular weight is 273 g/mol. The number of anilines is 1. The summed E-state index contributed by atoms with van der Waals surface area (Å²) in [5, 5.41) is 6.76. The van der Waals surface area contributed by atoms with Crippen molar-refractivity contribution in [3.63, 3.8) is 0 Å². The van der Waals surface area contributed by atoms with Gasteiger partial charge in [0, 0.05) is 11.9 Å². The van der Waals surface area contributed by atoms with Crippen LogP contribution in [0.5, 0.6) is 0 Å². The van der Waals surface area contributed by atoms with Gasteiger partial charge in [-0.15, -0.1) is 0 Å². The summed E-state index contributed by atoms with van der Waals surface area (Å²) < 4.78 is 5.94. The van der Waals surface area contributed by atoms with Gasteiger partial charge in [-0.25, -0.2) is 4.79 Å². The summed E-state index contributed by atoms with van der Waals surface area (Å²) in [6.07, 6.45) is 1.56. The number of amides is 1. The summed E-state index contributed by atoms with van der Waals surface area (Å²) >= 11 is 0. The molecule has 0 saturated heterocycles. The minimum absolute atomic E-state index is 0.0331. The molecule has 2 rings (SSSR count). The molecule has 6 nitrogen and oxygen atoms in total. The first-order chi connectivity index (χ1) is 9.60. The van der Waals surface area contributed by atoms with E-state index < -0.39 is 5.97 Å². The lowest BCUT2D eigenvalue weighted by Crippen LogP contribution is -2.20. The number of ether oxygens (including phenoxy) is 1. The Morgan fingerprint density at radius 3 is 2.75 bits per heavy atom. The molecule has 1 amide bonds. The number of carbonyl (C=O) groups excluding carboxylic acids is 2. The second kappa shape index (κ2) is 6.01. The molecule has 0 radical (unpaired) electrons. The smallest absolute Gasteiger partial charge is 0.358 e. The van der Waals surface area contributed by atoms with Crippen LogP contribution in [0.2, 0.25) is 0 Å². The van der Waals surface area contributed by atoms with E-state index in [0.717, 1.165) is 11.3 Å². The SMILES string of the molecule is COC(=O)c1ccn(CC(=O)Nc2ccccc2C)n1. The van der Waals surface area contributed by atoms with Gasteiger partial charge in [0.25, 0.3) is 0 Å². The second-order valence-corrected chi connectivity index (χ2v) is 4.25. The third-order valence-electron chi connectivity index (χ3n) is 2.76. The van der Waals surface area contributed by atoms with Crippen LogP contribution in [0.4, 0.5) is 5.69 Å². The van der Waals surface area contributed by atoms with Crippen LogP contribution >= 0.6 is 0 Å². The summed E-state index contributed by atoms with van der Waals surface area (Å²) in [7, 11) is 1.28. The van der Waals surface area contributed by atoms with Crippen molar-refractivity contribution < 1.29 is 14.3 Å². The van der Waals surface area contributed by atoms with Gasteiger partial charge in [-0.3, -0.25) is 9.48 Å². The number of methoxy groups -OCH3 is 1. The van der Waals surface area contributed by atoms with Crippen LogP contribution in [0, 0.1) is 6.92 Å². The van der Waals surface area contributed by atoms with Crippen molar-refractivity contribution in [2.75, 3.05) is 12.4 Å². The molecule has 104 valence electrons. The lowest BCUT2D eigenvalue weighted by Gasteiger charge is -2.07. The molecule has 0 atom stereocenters. The zero-order valence-electron chi connectivity index (χ0n) is 11.3. The van der Waals surface area contributed by atoms with Gasteiger partial charge < -0.3 is 10.1 Å². The number of para-hydroxylation sites is 1. The minimum atomic E-state index is -0.525. The molecule has 1 N–H and O–H groups in total. The predicted molar refractivity (Wildman–Crippen MR) is 73.4 cm³/mol. The molecular formula is C14H15N3O3. The monoisotopic (exact) mass is 273 g/mol. The Labute approximate surface area is 116 Å². The number of aromatic nitrogens is 2. The number of hydrogen-bond acceptors (Lipinski definition) is 4. The predicted octanol–water partition coefficient (Wildman–Crippen LogP) is 1.62. The number of aryl methyl sites for hydroxylation is 1. The van der Waals surface area contributed by atoms with Crippen molar-refractivity contribution >= 4 is 17.6 Å². The molecule has 0 bridgehead atoms. The van der Waals surface area contributed by atoms with Crippen molar-refractivity contribution in [2.24, 2.45) is 0 Å². The zero-order valence-corrected chi connectivity index (χ0v) is 11.3. The summed E-state index contributed by atoms with van der Waals surface area (Å²) in [6.45, 7) is 1.95. The second-order valence-electron chi connectivity index (χ2n) is 4.25. The van der Waals surface area contributed by atoms with Gasteiger partial charge in [0.15, 0.2) is 5.69 Å². The molecule has 0 spiro atoms. The van der Waals surface area contributed by atoms with E-state index in [4.69, 9.17) is 0 Å². The van der Waals surface area contributed by atoms with E-state index in [1.165, 1.54) is 17.9 Å². The highest BCUT2D eigenvalue weighted by atomic mass is 16.5. The third kappa shape index (κ3) is 3.23. The van der Waals surface area contributed by atoms with Gasteiger partial charge in [-0.05, 0) is 24.6 Å². The number of hydrogen-bond donors (Lipinski definition) is 1. The minimum Gasteiger partial charge on any atom is -0.464 e. The molecule has 0 aliphatic carbocycles. The van der Waals surface area contributed by atoms with Gasteiger partial charge in [-0.1, -0.05) is 18.2 Å². The quantitative estimate of drug-likeness (QED) is 0.859. The normalized spacial score (nSPS) is 10.1. The highest BCUT2D eigenvalue weighted by molar-refractivity contribution is 5.91. The van der Waals surface area contributed by atoms with Crippen molar-refractivity contribution in [2.45, 2.75) is 13.5 Å². The Bertz CT molecular complexity index is 634. The summed E-state index contributed by atoms with van der Waals surface area (Å²) in [5.74, 6) is -0.734. The summed E-state index contributed by atoms with van der Waals surface area (Å²) in [5.41, 5.74) is 1.92. The molecule has 1 aromatic carbocycles. The molecular weight excluding hydrogens is 258 g/mol. The Morgan fingerprint density at radius 2 is 2.05 bits per heavy atom. The van der Waals surface area contributed by atoms with E-state index in [-0.39, 0.29) is 18.1 Å². The van der Waals surface area contributed by atoms with E-state index in [1.807, 2.05) is 31.2 Å². The van der Waals surface area contributed by atoms with Crippen LogP contribution in [0.15, 0.2) is 36.5 Å². The van der Waals surface area contributed by atoms with Crippen molar-refractivity contribution in [1.29, 1.82) is 0 Å². The van der Waals surface area contributed by atoms with Crippen molar-refractivity contribution in [3.8, 4) is 0 Å². The Morgan fingerprint density at radius 1 is 1.30 bits per heavy atom. The first-order valence-corrected chi connectivity index (χ1v) is 6.07.